The van der Waals surface area contributed by atoms with Gasteiger partial charge in [0.05, 0.1) is 46.8 Å². The van der Waals surface area contributed by atoms with Crippen LogP contribution in [0.25, 0.3) is 0 Å². The van der Waals surface area contributed by atoms with Crippen LogP contribution in [0.1, 0.15) is 47.6 Å². The van der Waals surface area contributed by atoms with Gasteiger partial charge in [0.2, 0.25) is 12.0 Å². The van der Waals surface area contributed by atoms with Gasteiger partial charge in [0, 0.05) is 25.1 Å². The summed E-state index contributed by atoms with van der Waals surface area (Å²) in [6, 6.07) is -0.666. The summed E-state index contributed by atoms with van der Waals surface area (Å²) in [6.45, 7) is -0.0741. The van der Waals surface area contributed by atoms with Crippen LogP contribution in [0.3, 0.4) is 0 Å². The molecule has 0 aliphatic rings. The molecule has 3 rings (SSSR count). The van der Waals surface area contributed by atoms with E-state index in [1.165, 1.54) is 0 Å². The molecule has 0 bridgehead atoms. The minimum atomic E-state index is -5.24. The van der Waals surface area contributed by atoms with Gasteiger partial charge in [-0.1, -0.05) is 0 Å². The van der Waals surface area contributed by atoms with Crippen molar-refractivity contribution < 1.29 is 70.8 Å². The fraction of sp³-hybridized carbons (Fsp3) is 0.393. The standard InChI is InChI=1S/C28H24BrF10N3O6S/c1-2-46-23(43)4-3-5-47-21-11-40-25(41-12-21)42(13-16-6-18(26(31,32)33)9-19(7-16)27(34,35)36)14-17-8-20(28(37,38)39)10-22(29)24(17)48-49(44,45)15-30/h6-12H,2-5,13-15H2,1H3. The molecule has 0 fully saturated rings. The van der Waals surface area contributed by atoms with Crippen molar-refractivity contribution in [2.45, 2.75) is 51.4 Å². The minimum Gasteiger partial charge on any atom is -0.490 e. The Bertz CT molecular complexity index is 1690. The molecule has 0 N–H and O–H groups in total. The number of benzene rings is 2. The van der Waals surface area contributed by atoms with E-state index >= 15 is 0 Å². The van der Waals surface area contributed by atoms with Crippen LogP contribution in [0.15, 0.2) is 47.2 Å². The number of carbonyl (C=O) groups is 1. The number of hydrogen-bond acceptors (Lipinski definition) is 9. The van der Waals surface area contributed by atoms with E-state index in [-0.39, 0.29) is 37.9 Å². The van der Waals surface area contributed by atoms with Gasteiger partial charge in [0.15, 0.2) is 11.5 Å². The van der Waals surface area contributed by atoms with Gasteiger partial charge < -0.3 is 18.6 Å². The summed E-state index contributed by atoms with van der Waals surface area (Å²) in [4.78, 5) is 20.3. The molecule has 1 heterocycles. The molecule has 0 radical (unpaired) electrons. The summed E-state index contributed by atoms with van der Waals surface area (Å²) in [5.41, 5.74) is -6.04. The maximum Gasteiger partial charge on any atom is 0.416 e. The highest BCUT2D eigenvalue weighted by molar-refractivity contribution is 9.10. The van der Waals surface area contributed by atoms with Crippen LogP contribution >= 0.6 is 15.9 Å². The van der Waals surface area contributed by atoms with Crippen LogP contribution < -0.4 is 13.8 Å². The monoisotopic (exact) mass is 799 g/mol. The quantitative estimate of drug-likeness (QED) is 0.0697. The van der Waals surface area contributed by atoms with Crippen LogP contribution in [0.2, 0.25) is 0 Å². The van der Waals surface area contributed by atoms with Crippen LogP contribution in [0.4, 0.5) is 49.9 Å². The smallest absolute Gasteiger partial charge is 0.416 e. The average molecular weight is 800 g/mol. The molecule has 2 aromatic carbocycles. The molecule has 0 unspecified atom stereocenters. The van der Waals surface area contributed by atoms with Crippen molar-refractivity contribution in [3.8, 4) is 11.5 Å². The van der Waals surface area contributed by atoms with E-state index in [1.807, 2.05) is 0 Å². The summed E-state index contributed by atoms with van der Waals surface area (Å²) in [6.07, 6.45) is -13.2. The van der Waals surface area contributed by atoms with Gasteiger partial charge in [0.25, 0.3) is 0 Å². The van der Waals surface area contributed by atoms with E-state index in [9.17, 15) is 57.1 Å². The highest BCUT2D eigenvalue weighted by Crippen LogP contribution is 2.40. The third kappa shape index (κ3) is 11.6. The van der Waals surface area contributed by atoms with Crippen LogP contribution in [-0.2, 0) is 51.3 Å². The number of halogens is 11. The van der Waals surface area contributed by atoms with E-state index < -0.39 is 97.7 Å². The molecular weight excluding hydrogens is 776 g/mol. The second-order valence-corrected chi connectivity index (χ2v) is 12.3. The number of esters is 1. The highest BCUT2D eigenvalue weighted by Gasteiger charge is 2.37. The topological polar surface area (TPSA) is 108 Å². The molecule has 0 aliphatic heterocycles. The van der Waals surface area contributed by atoms with Crippen molar-refractivity contribution in [1.29, 1.82) is 0 Å². The van der Waals surface area contributed by atoms with Crippen LogP contribution in [0, 0.1) is 0 Å². The number of rotatable bonds is 14. The Morgan fingerprint density at radius 1 is 0.857 bits per heavy atom. The Morgan fingerprint density at radius 3 is 1.92 bits per heavy atom. The SMILES string of the molecule is CCOC(=O)CCCOc1cnc(N(Cc2cc(C(F)(F)F)cc(C(F)(F)F)c2)Cc2cc(C(F)(F)F)cc(Br)c2OS(=O)(=O)CF)nc1. The van der Waals surface area contributed by atoms with Crippen molar-refractivity contribution in [3.05, 3.63) is 75.0 Å². The van der Waals surface area contributed by atoms with E-state index in [4.69, 9.17) is 9.47 Å². The lowest BCUT2D eigenvalue weighted by Gasteiger charge is -2.26. The van der Waals surface area contributed by atoms with Crippen LogP contribution in [0.5, 0.6) is 11.5 Å². The van der Waals surface area contributed by atoms with Crippen molar-refractivity contribution >= 4 is 38.0 Å². The average Bonchev–Trinajstić information content (AvgIpc) is 2.99. The third-order valence-corrected chi connectivity index (χ3v) is 7.45. The maximum absolute atomic E-state index is 13.7. The molecule has 0 saturated heterocycles. The summed E-state index contributed by atoms with van der Waals surface area (Å²) >= 11 is 2.75. The zero-order chi connectivity index (χ0) is 36.8. The fourth-order valence-electron chi connectivity index (χ4n) is 4.09. The minimum absolute atomic E-state index is 0.00649. The van der Waals surface area contributed by atoms with Gasteiger partial charge in [-0.2, -0.15) is 47.9 Å². The zero-order valence-corrected chi connectivity index (χ0v) is 27.3. The largest absolute Gasteiger partial charge is 0.490 e. The first kappa shape index (κ1) is 39.6. The number of alkyl halides is 10. The zero-order valence-electron chi connectivity index (χ0n) is 24.8. The molecule has 0 atom stereocenters. The molecule has 0 aliphatic carbocycles. The van der Waals surface area contributed by atoms with Gasteiger partial charge in [-0.25, -0.2) is 14.4 Å². The number of carbonyl (C=O) groups excluding carboxylic acids is 1. The second kappa shape index (κ2) is 15.8. The normalized spacial score (nSPS) is 12.5. The number of nitrogens with zero attached hydrogens (tertiary/aromatic N) is 3. The summed E-state index contributed by atoms with van der Waals surface area (Å²) in [5.74, 6) is -1.82. The first-order valence-corrected chi connectivity index (χ1v) is 16.0. The highest BCUT2D eigenvalue weighted by atomic mass is 79.9. The van der Waals surface area contributed by atoms with Crippen molar-refractivity contribution in [2.75, 3.05) is 24.1 Å². The van der Waals surface area contributed by atoms with E-state index in [0.717, 1.165) is 17.3 Å². The second-order valence-electron chi connectivity index (χ2n) is 9.94. The molecule has 49 heavy (non-hydrogen) atoms. The summed E-state index contributed by atoms with van der Waals surface area (Å²) in [7, 11) is -5.02. The molecule has 1 aromatic heterocycles. The number of hydrogen-bond donors (Lipinski definition) is 0. The van der Waals surface area contributed by atoms with Crippen molar-refractivity contribution in [2.24, 2.45) is 0 Å². The Labute approximate surface area is 280 Å². The van der Waals surface area contributed by atoms with Gasteiger partial charge >= 0.3 is 34.6 Å². The molecule has 0 amide bonds. The lowest BCUT2D eigenvalue weighted by molar-refractivity contribution is -0.144. The first-order chi connectivity index (χ1) is 22.6. The predicted octanol–water partition coefficient (Wildman–Crippen LogP) is 7.86. The van der Waals surface area contributed by atoms with Crippen LogP contribution in [-0.4, -0.2) is 43.6 Å². The van der Waals surface area contributed by atoms with Gasteiger partial charge in [-0.05, 0) is 65.2 Å². The summed E-state index contributed by atoms with van der Waals surface area (Å²) < 4.78 is 174. The molecular formula is C28H24BrF10N3O6S. The Morgan fingerprint density at radius 2 is 1.41 bits per heavy atom. The van der Waals surface area contributed by atoms with Crippen molar-refractivity contribution in [3.63, 3.8) is 0 Å². The number of ether oxygens (including phenoxy) is 2. The lowest BCUT2D eigenvalue weighted by atomic mass is 10.0. The van der Waals surface area contributed by atoms with E-state index in [2.05, 4.69) is 30.1 Å². The molecule has 0 saturated carbocycles. The Hall–Kier alpha value is -3.88. The van der Waals surface area contributed by atoms with E-state index in [0.29, 0.717) is 24.3 Å². The first-order valence-electron chi connectivity index (χ1n) is 13.6. The lowest BCUT2D eigenvalue weighted by Crippen LogP contribution is -2.26. The third-order valence-electron chi connectivity index (χ3n) is 6.17. The van der Waals surface area contributed by atoms with Gasteiger partial charge in [-0.15, -0.1) is 0 Å². The fourth-order valence-corrected chi connectivity index (χ4v) is 5.28. The molecule has 9 nitrogen and oxygen atoms in total. The Balaban J connectivity index is 2.11. The number of aromatic nitrogens is 2. The van der Waals surface area contributed by atoms with E-state index in [1.54, 1.807) is 6.92 Å². The van der Waals surface area contributed by atoms with Gasteiger partial charge in [0.1, 0.15) is 0 Å². The van der Waals surface area contributed by atoms with Gasteiger partial charge in [-0.3, -0.25) is 4.79 Å². The summed E-state index contributed by atoms with van der Waals surface area (Å²) in [5, 5.41) is 0. The number of anilines is 1. The molecule has 21 heteroatoms. The Kier molecular flexibility index (Phi) is 12.7. The maximum atomic E-state index is 13.7. The van der Waals surface area contributed by atoms with Crippen molar-refractivity contribution in [1.82, 2.24) is 9.97 Å². The molecule has 270 valence electrons. The molecule has 3 aromatic rings. The molecule has 0 spiro atoms. The predicted molar refractivity (Wildman–Crippen MR) is 154 cm³/mol.